The predicted molar refractivity (Wildman–Crippen MR) is 116 cm³/mol. The number of hydrogen-bond acceptors (Lipinski definition) is 6. The van der Waals surface area contributed by atoms with Crippen molar-refractivity contribution in [1.82, 2.24) is 19.7 Å². The maximum atomic E-state index is 13.2. The Balaban J connectivity index is 1.42. The van der Waals surface area contributed by atoms with E-state index in [0.29, 0.717) is 11.6 Å². The van der Waals surface area contributed by atoms with Crippen molar-refractivity contribution in [1.29, 1.82) is 0 Å². The fourth-order valence-electron chi connectivity index (χ4n) is 4.18. The first-order valence-corrected chi connectivity index (χ1v) is 10.5. The Bertz CT molecular complexity index is 1140. The molecule has 0 bridgehead atoms. The van der Waals surface area contributed by atoms with Crippen molar-refractivity contribution in [3.05, 3.63) is 75.9 Å². The third-order valence-corrected chi connectivity index (χ3v) is 5.82. The number of nitrogens with one attached hydrogen (secondary N) is 1. The van der Waals surface area contributed by atoms with E-state index in [1.807, 2.05) is 29.8 Å². The van der Waals surface area contributed by atoms with E-state index in [2.05, 4.69) is 20.4 Å². The van der Waals surface area contributed by atoms with Crippen molar-refractivity contribution in [2.75, 3.05) is 18.4 Å². The van der Waals surface area contributed by atoms with Gasteiger partial charge in [-0.1, -0.05) is 12.1 Å². The fraction of sp³-hybridized carbons (Fsp3) is 0.364. The van der Waals surface area contributed by atoms with Gasteiger partial charge in [0.25, 0.3) is 5.69 Å². The number of anilines is 2. The van der Waals surface area contributed by atoms with Gasteiger partial charge in [-0.3, -0.25) is 15.0 Å². The molecular weight excluding hydrogens is 437 g/mol. The van der Waals surface area contributed by atoms with Crippen LogP contribution in [0.3, 0.4) is 0 Å². The largest absolute Gasteiger partial charge is 0.423 e. The zero-order valence-electron chi connectivity index (χ0n) is 17.9. The van der Waals surface area contributed by atoms with Gasteiger partial charge in [-0.05, 0) is 55.8 Å². The molecule has 0 radical (unpaired) electrons. The van der Waals surface area contributed by atoms with Gasteiger partial charge in [-0.2, -0.15) is 13.2 Å². The smallest absolute Gasteiger partial charge is 0.355 e. The summed E-state index contributed by atoms with van der Waals surface area (Å²) in [5.74, 6) is 1.38. The number of nitro benzene ring substituents is 1. The molecule has 1 saturated heterocycles. The van der Waals surface area contributed by atoms with Gasteiger partial charge < -0.3 is 9.88 Å². The molecule has 4 rings (SSSR count). The number of nitrogens with zero attached hydrogens (tertiary/aromatic N) is 5. The summed E-state index contributed by atoms with van der Waals surface area (Å²) in [6.45, 7) is 2.54. The second kappa shape index (κ2) is 9.18. The summed E-state index contributed by atoms with van der Waals surface area (Å²) in [6, 6.07) is 10.3. The van der Waals surface area contributed by atoms with Crippen molar-refractivity contribution in [2.24, 2.45) is 7.05 Å². The Morgan fingerprint density at radius 1 is 1.15 bits per heavy atom. The number of benzene rings is 2. The molecule has 0 aliphatic carbocycles. The van der Waals surface area contributed by atoms with Crippen LogP contribution < -0.4 is 5.32 Å². The number of hydrogen-bond donors (Lipinski definition) is 1. The molecule has 33 heavy (non-hydrogen) atoms. The second-order valence-electron chi connectivity index (χ2n) is 8.16. The van der Waals surface area contributed by atoms with E-state index in [0.717, 1.165) is 56.0 Å². The highest BCUT2D eigenvalue weighted by Crippen LogP contribution is 2.38. The summed E-state index contributed by atoms with van der Waals surface area (Å²) >= 11 is 0. The van der Waals surface area contributed by atoms with E-state index >= 15 is 0 Å². The van der Waals surface area contributed by atoms with E-state index in [4.69, 9.17) is 0 Å². The molecule has 0 amide bonds. The summed E-state index contributed by atoms with van der Waals surface area (Å²) in [5.41, 5.74) is -0.473. The minimum Gasteiger partial charge on any atom is -0.355 e. The van der Waals surface area contributed by atoms with Gasteiger partial charge in [0.05, 0.1) is 4.92 Å². The quantitative estimate of drug-likeness (QED) is 0.417. The fourth-order valence-corrected chi connectivity index (χ4v) is 4.18. The van der Waals surface area contributed by atoms with Gasteiger partial charge in [0, 0.05) is 37.0 Å². The first kappa shape index (κ1) is 22.7. The van der Waals surface area contributed by atoms with Crippen LogP contribution in [0.5, 0.6) is 0 Å². The summed E-state index contributed by atoms with van der Waals surface area (Å²) in [6.07, 6.45) is -1.15. The third-order valence-electron chi connectivity index (χ3n) is 5.82. The van der Waals surface area contributed by atoms with Crippen molar-refractivity contribution < 1.29 is 18.1 Å². The Hall–Kier alpha value is -3.47. The summed E-state index contributed by atoms with van der Waals surface area (Å²) < 4.78 is 41.7. The molecule has 2 heterocycles. The summed E-state index contributed by atoms with van der Waals surface area (Å²) in [7, 11) is 1.95. The number of halogens is 3. The molecule has 3 aromatic rings. The Morgan fingerprint density at radius 2 is 1.88 bits per heavy atom. The van der Waals surface area contributed by atoms with Crippen molar-refractivity contribution in [3.63, 3.8) is 0 Å². The molecule has 0 unspecified atom stereocenters. The number of piperidine rings is 1. The third kappa shape index (κ3) is 5.30. The van der Waals surface area contributed by atoms with Crippen LogP contribution in [0.4, 0.5) is 30.2 Å². The predicted octanol–water partition coefficient (Wildman–Crippen LogP) is 4.87. The summed E-state index contributed by atoms with van der Waals surface area (Å²) in [5, 5.41) is 22.1. The van der Waals surface area contributed by atoms with Crippen LogP contribution in [0, 0.1) is 10.1 Å². The lowest BCUT2D eigenvalue weighted by molar-refractivity contribution is -0.388. The van der Waals surface area contributed by atoms with Crippen LogP contribution in [0.2, 0.25) is 0 Å². The first-order valence-electron chi connectivity index (χ1n) is 10.5. The molecule has 0 saturated carbocycles. The van der Waals surface area contributed by atoms with Crippen LogP contribution in [0.15, 0.2) is 48.8 Å². The molecule has 174 valence electrons. The van der Waals surface area contributed by atoms with Gasteiger partial charge in [0.15, 0.2) is 0 Å². The number of rotatable bonds is 6. The monoisotopic (exact) mass is 460 g/mol. The van der Waals surface area contributed by atoms with Gasteiger partial charge in [-0.15, -0.1) is 10.2 Å². The van der Waals surface area contributed by atoms with E-state index in [1.165, 1.54) is 6.07 Å². The van der Waals surface area contributed by atoms with E-state index in [1.54, 1.807) is 12.4 Å². The molecular formula is C22H23F3N6O2. The first-order chi connectivity index (χ1) is 15.7. The average Bonchev–Trinajstić information content (AvgIpc) is 3.19. The van der Waals surface area contributed by atoms with E-state index in [9.17, 15) is 23.3 Å². The van der Waals surface area contributed by atoms with Gasteiger partial charge in [0.1, 0.15) is 17.7 Å². The number of alkyl halides is 3. The zero-order valence-corrected chi connectivity index (χ0v) is 17.9. The average molecular weight is 460 g/mol. The van der Waals surface area contributed by atoms with E-state index in [-0.39, 0.29) is 5.69 Å². The molecule has 0 spiro atoms. The lowest BCUT2D eigenvalue weighted by atomic mass is 9.95. The number of aryl methyl sites for hydroxylation is 1. The lowest BCUT2D eigenvalue weighted by Gasteiger charge is -2.31. The molecule has 11 heteroatoms. The Morgan fingerprint density at radius 3 is 2.52 bits per heavy atom. The van der Waals surface area contributed by atoms with E-state index < -0.39 is 22.4 Å². The summed E-state index contributed by atoms with van der Waals surface area (Å²) in [4.78, 5) is 12.3. The molecule has 0 atom stereocenters. The van der Waals surface area contributed by atoms with Gasteiger partial charge in [0.2, 0.25) is 0 Å². The highest BCUT2D eigenvalue weighted by atomic mass is 19.4. The van der Waals surface area contributed by atoms with Crippen LogP contribution >= 0.6 is 0 Å². The number of likely N-dealkylation sites (tertiary alicyclic amines) is 1. The topological polar surface area (TPSA) is 89.1 Å². The SMILES string of the molecule is Cn1cnnc1C1CCN(Cc2cccc(Nc3ccc([N+](=O)[O-])c(C(F)(F)F)c3)c2)CC1. The van der Waals surface area contributed by atoms with Crippen LogP contribution in [-0.4, -0.2) is 37.7 Å². The normalized spacial score (nSPS) is 15.5. The minimum atomic E-state index is -4.82. The van der Waals surface area contributed by atoms with Crippen molar-refractivity contribution >= 4 is 17.1 Å². The highest BCUT2D eigenvalue weighted by molar-refractivity contribution is 5.64. The zero-order chi connectivity index (χ0) is 23.6. The standard InChI is InChI=1S/C22H23F3N6O2/c1-29-14-26-28-21(29)16-7-9-30(10-8-16)13-15-3-2-4-17(11-15)27-18-5-6-20(31(32)33)19(12-18)22(23,24)25/h2-6,11-12,14,16,27H,7-10,13H2,1H3. The molecule has 1 aliphatic heterocycles. The second-order valence-corrected chi connectivity index (χ2v) is 8.16. The molecule has 1 fully saturated rings. The van der Waals surface area contributed by atoms with Crippen molar-refractivity contribution in [3.8, 4) is 0 Å². The van der Waals surface area contributed by atoms with Crippen LogP contribution in [-0.2, 0) is 19.8 Å². The molecule has 8 nitrogen and oxygen atoms in total. The molecule has 2 aromatic carbocycles. The lowest BCUT2D eigenvalue weighted by Crippen LogP contribution is -2.33. The minimum absolute atomic E-state index is 0.134. The van der Waals surface area contributed by atoms with Gasteiger partial charge in [-0.25, -0.2) is 0 Å². The maximum absolute atomic E-state index is 13.2. The molecule has 1 aliphatic rings. The highest BCUT2D eigenvalue weighted by Gasteiger charge is 2.38. The number of aromatic nitrogens is 3. The molecule has 1 N–H and O–H groups in total. The van der Waals surface area contributed by atoms with Crippen molar-refractivity contribution in [2.45, 2.75) is 31.5 Å². The maximum Gasteiger partial charge on any atom is 0.423 e. The molecule has 1 aromatic heterocycles. The Kier molecular flexibility index (Phi) is 6.32. The Labute approximate surface area is 188 Å². The van der Waals surface area contributed by atoms with Gasteiger partial charge >= 0.3 is 6.18 Å². The number of nitro groups is 1. The van der Waals surface area contributed by atoms with Crippen LogP contribution in [0.1, 0.15) is 35.7 Å². The van der Waals surface area contributed by atoms with Crippen LogP contribution in [0.25, 0.3) is 0 Å².